The highest BCUT2D eigenvalue weighted by Gasteiger charge is 2.15. The second kappa shape index (κ2) is 9.33. The van der Waals surface area contributed by atoms with Crippen LogP contribution in [0.2, 0.25) is 5.02 Å². The number of rotatable bonds is 6. The smallest absolute Gasteiger partial charge is 0.338 e. The molecule has 0 aliphatic rings. The Bertz CT molecular complexity index is 1360. The van der Waals surface area contributed by atoms with Crippen molar-refractivity contribution in [2.75, 3.05) is 11.9 Å². The number of hydrogen-bond donors (Lipinski definition) is 1. The Labute approximate surface area is 192 Å². The largest absolute Gasteiger partial charge is 0.462 e. The van der Waals surface area contributed by atoms with E-state index in [2.05, 4.69) is 10.3 Å². The molecule has 0 saturated heterocycles. The van der Waals surface area contributed by atoms with Crippen molar-refractivity contribution in [1.82, 2.24) is 9.55 Å². The Morgan fingerprint density at radius 3 is 2.72 bits per heavy atom. The third kappa shape index (κ3) is 4.56. The number of carbonyl (C=O) groups excluding carboxylic acids is 2. The highest BCUT2D eigenvalue weighted by molar-refractivity contribution is 7.17. The molecule has 0 unspecified atom stereocenters. The third-order valence-corrected chi connectivity index (χ3v) is 5.83. The zero-order valence-corrected chi connectivity index (χ0v) is 18.6. The van der Waals surface area contributed by atoms with Gasteiger partial charge >= 0.3 is 5.97 Å². The lowest BCUT2D eigenvalue weighted by molar-refractivity contribution is -0.116. The fraction of sp³-hybridized carbons (Fsp3) is 0.130. The van der Waals surface area contributed by atoms with E-state index < -0.39 is 11.9 Å². The normalized spacial score (nSPS) is 10.8. The number of nitrogens with one attached hydrogen (secondary N) is 1. The number of benzene rings is 2. The van der Waals surface area contributed by atoms with Crippen LogP contribution < -0.4 is 10.9 Å². The molecule has 4 rings (SSSR count). The van der Waals surface area contributed by atoms with Crippen molar-refractivity contribution in [3.8, 4) is 11.1 Å². The van der Waals surface area contributed by atoms with Crippen LogP contribution in [0.5, 0.6) is 0 Å². The molecule has 4 aromatic rings. The van der Waals surface area contributed by atoms with Crippen molar-refractivity contribution in [1.29, 1.82) is 0 Å². The molecule has 2 heterocycles. The minimum absolute atomic E-state index is 0.221. The number of aromatic nitrogens is 2. The molecule has 0 aliphatic heterocycles. The van der Waals surface area contributed by atoms with Crippen molar-refractivity contribution < 1.29 is 14.3 Å². The lowest BCUT2D eigenvalue weighted by atomic mass is 10.1. The second-order valence-corrected chi connectivity index (χ2v) is 8.16. The lowest BCUT2D eigenvalue weighted by Crippen LogP contribution is -2.27. The van der Waals surface area contributed by atoms with E-state index in [4.69, 9.17) is 16.3 Å². The van der Waals surface area contributed by atoms with Crippen LogP contribution in [0.4, 0.5) is 5.69 Å². The molecule has 1 amide bonds. The quantitative estimate of drug-likeness (QED) is 0.419. The first-order valence-electron chi connectivity index (χ1n) is 9.76. The monoisotopic (exact) mass is 467 g/mol. The average molecular weight is 468 g/mol. The van der Waals surface area contributed by atoms with Gasteiger partial charge in [-0.2, -0.15) is 0 Å². The van der Waals surface area contributed by atoms with Gasteiger partial charge in [0.2, 0.25) is 5.91 Å². The molecule has 0 saturated carbocycles. The number of anilines is 1. The maximum Gasteiger partial charge on any atom is 0.338 e. The fourth-order valence-corrected chi connectivity index (χ4v) is 4.25. The molecule has 1 N–H and O–H groups in total. The van der Waals surface area contributed by atoms with Crippen LogP contribution in [0, 0.1) is 0 Å². The molecular formula is C23H18ClN3O4S. The van der Waals surface area contributed by atoms with Gasteiger partial charge in [0.1, 0.15) is 11.4 Å². The van der Waals surface area contributed by atoms with Gasteiger partial charge in [-0.3, -0.25) is 14.2 Å². The van der Waals surface area contributed by atoms with E-state index in [1.165, 1.54) is 28.3 Å². The molecule has 0 radical (unpaired) electrons. The van der Waals surface area contributed by atoms with Gasteiger partial charge in [0.15, 0.2) is 0 Å². The summed E-state index contributed by atoms with van der Waals surface area (Å²) in [7, 11) is 0. The molecule has 0 spiro atoms. The van der Waals surface area contributed by atoms with Crippen molar-refractivity contribution >= 4 is 50.7 Å². The van der Waals surface area contributed by atoms with Crippen molar-refractivity contribution in [3.63, 3.8) is 0 Å². The Morgan fingerprint density at radius 1 is 1.19 bits per heavy atom. The summed E-state index contributed by atoms with van der Waals surface area (Å²) in [4.78, 5) is 42.5. The van der Waals surface area contributed by atoms with Crippen LogP contribution in [0.1, 0.15) is 17.3 Å². The third-order valence-electron chi connectivity index (χ3n) is 4.69. The molecule has 7 nitrogen and oxygen atoms in total. The summed E-state index contributed by atoms with van der Waals surface area (Å²) in [6, 6.07) is 13.6. The van der Waals surface area contributed by atoms with Gasteiger partial charge in [-0.25, -0.2) is 9.78 Å². The molecule has 0 fully saturated rings. The summed E-state index contributed by atoms with van der Waals surface area (Å²) < 4.78 is 6.24. The Morgan fingerprint density at radius 2 is 1.97 bits per heavy atom. The highest BCUT2D eigenvalue weighted by Crippen LogP contribution is 2.31. The van der Waals surface area contributed by atoms with E-state index in [9.17, 15) is 14.4 Å². The predicted octanol–water partition coefficient (Wildman–Crippen LogP) is 4.59. The van der Waals surface area contributed by atoms with Crippen LogP contribution in [-0.4, -0.2) is 28.0 Å². The van der Waals surface area contributed by atoms with Crippen LogP contribution in [0.15, 0.2) is 65.0 Å². The number of thiophene rings is 1. The van der Waals surface area contributed by atoms with Crippen molar-refractivity contribution in [3.05, 3.63) is 81.2 Å². The van der Waals surface area contributed by atoms with E-state index in [0.29, 0.717) is 26.5 Å². The van der Waals surface area contributed by atoms with Gasteiger partial charge in [-0.05, 0) is 42.8 Å². The van der Waals surface area contributed by atoms with E-state index in [1.807, 2.05) is 17.5 Å². The molecule has 2 aromatic heterocycles. The Balaban J connectivity index is 1.58. The zero-order chi connectivity index (χ0) is 22.7. The first-order chi connectivity index (χ1) is 15.5. The average Bonchev–Trinajstić information content (AvgIpc) is 3.21. The summed E-state index contributed by atoms with van der Waals surface area (Å²) >= 11 is 7.33. The number of amides is 1. The minimum atomic E-state index is -0.471. The van der Waals surface area contributed by atoms with Gasteiger partial charge in [-0.1, -0.05) is 29.8 Å². The summed E-state index contributed by atoms with van der Waals surface area (Å²) in [5, 5.41) is 5.63. The van der Waals surface area contributed by atoms with E-state index >= 15 is 0 Å². The van der Waals surface area contributed by atoms with Crippen LogP contribution in [0.3, 0.4) is 0 Å². The molecule has 0 aliphatic carbocycles. The molecule has 32 heavy (non-hydrogen) atoms. The van der Waals surface area contributed by atoms with E-state index in [0.717, 1.165) is 11.1 Å². The standard InChI is InChI=1S/C23H18ClN3O4S/c1-2-31-23(30)15-4-3-5-17(10-15)26-19(28)11-27-13-25-21-20(22(27)29)18(12-32-21)14-6-8-16(24)9-7-14/h3-10,12-13H,2,11H2,1H3,(H,26,28). The van der Waals surface area contributed by atoms with Crippen LogP contribution in [0.25, 0.3) is 21.3 Å². The number of fused-ring (bicyclic) bond motifs is 1. The van der Waals surface area contributed by atoms with Gasteiger partial charge < -0.3 is 10.1 Å². The number of hydrogen-bond acceptors (Lipinski definition) is 6. The Hall–Kier alpha value is -3.49. The molecule has 0 bridgehead atoms. The fourth-order valence-electron chi connectivity index (χ4n) is 3.22. The van der Waals surface area contributed by atoms with Gasteiger partial charge in [0.05, 0.1) is 23.9 Å². The van der Waals surface area contributed by atoms with Gasteiger partial charge in [0, 0.05) is 21.7 Å². The number of carbonyl (C=O) groups is 2. The highest BCUT2D eigenvalue weighted by atomic mass is 35.5. The lowest BCUT2D eigenvalue weighted by Gasteiger charge is -2.09. The second-order valence-electron chi connectivity index (χ2n) is 6.86. The summed E-state index contributed by atoms with van der Waals surface area (Å²) in [5.41, 5.74) is 2.04. The molecular weight excluding hydrogens is 450 g/mol. The number of nitrogens with zero attached hydrogens (tertiary/aromatic N) is 2. The molecule has 2 aromatic carbocycles. The van der Waals surface area contributed by atoms with E-state index in [-0.39, 0.29) is 18.7 Å². The minimum Gasteiger partial charge on any atom is -0.462 e. The SMILES string of the molecule is CCOC(=O)c1cccc(NC(=O)Cn2cnc3scc(-c4ccc(Cl)cc4)c3c2=O)c1. The predicted molar refractivity (Wildman–Crippen MR) is 125 cm³/mol. The maximum absolute atomic E-state index is 13.1. The van der Waals surface area contributed by atoms with E-state index in [1.54, 1.807) is 37.3 Å². The number of halogens is 1. The van der Waals surface area contributed by atoms with Crippen molar-refractivity contribution in [2.45, 2.75) is 13.5 Å². The molecule has 0 atom stereocenters. The first-order valence-corrected chi connectivity index (χ1v) is 11.0. The maximum atomic E-state index is 13.1. The number of ether oxygens (including phenoxy) is 1. The molecule has 162 valence electrons. The Kier molecular flexibility index (Phi) is 6.34. The summed E-state index contributed by atoms with van der Waals surface area (Å²) in [5.74, 6) is -0.890. The van der Waals surface area contributed by atoms with Gasteiger partial charge in [-0.15, -0.1) is 11.3 Å². The van der Waals surface area contributed by atoms with Crippen LogP contribution in [-0.2, 0) is 16.1 Å². The van der Waals surface area contributed by atoms with Crippen LogP contribution >= 0.6 is 22.9 Å². The first kappa shape index (κ1) is 21.7. The molecule has 9 heteroatoms. The topological polar surface area (TPSA) is 90.3 Å². The zero-order valence-electron chi connectivity index (χ0n) is 17.0. The number of esters is 1. The summed E-state index contributed by atoms with van der Waals surface area (Å²) in [6.07, 6.45) is 1.36. The van der Waals surface area contributed by atoms with Crippen molar-refractivity contribution in [2.24, 2.45) is 0 Å². The summed E-state index contributed by atoms with van der Waals surface area (Å²) in [6.45, 7) is 1.76. The van der Waals surface area contributed by atoms with Gasteiger partial charge in [0.25, 0.3) is 5.56 Å².